The van der Waals surface area contributed by atoms with Crippen LogP contribution in [0.4, 0.5) is 0 Å². The van der Waals surface area contributed by atoms with E-state index in [2.05, 4.69) is 5.32 Å². The average molecular weight is 263 g/mol. The maximum atomic E-state index is 11.1. The third kappa shape index (κ3) is 6.17. The van der Waals surface area contributed by atoms with Gasteiger partial charge in [0.2, 0.25) is 5.91 Å². The minimum absolute atomic E-state index is 0.282. The number of amides is 1. The summed E-state index contributed by atoms with van der Waals surface area (Å²) in [5.41, 5.74) is 0. The summed E-state index contributed by atoms with van der Waals surface area (Å²) in [7, 11) is 1.75. The third-order valence-corrected chi connectivity index (χ3v) is 4.77. The van der Waals surface area contributed by atoms with Gasteiger partial charge in [0, 0.05) is 46.1 Å². The van der Waals surface area contributed by atoms with E-state index in [0.29, 0.717) is 6.04 Å². The summed E-state index contributed by atoms with van der Waals surface area (Å²) < 4.78 is 15.4. The summed E-state index contributed by atoms with van der Waals surface area (Å²) in [4.78, 5) is 21.3. The van der Waals surface area contributed by atoms with E-state index in [1.807, 2.05) is 0 Å². The molecule has 0 aliphatic carbocycles. The van der Waals surface area contributed by atoms with Crippen molar-refractivity contribution < 1.29 is 28.0 Å². The third-order valence-electron chi connectivity index (χ3n) is 2.04. The van der Waals surface area contributed by atoms with Crippen molar-refractivity contribution in [3.63, 3.8) is 0 Å². The first-order chi connectivity index (χ1) is 7.99. The molecular weight excluding hydrogens is 246 g/mol. The molecule has 17 heavy (non-hydrogen) atoms. The van der Waals surface area contributed by atoms with Crippen molar-refractivity contribution >= 4 is 20.7 Å². The normalized spacial score (nSPS) is 11.7. The predicted octanol–water partition coefficient (Wildman–Crippen LogP) is -0.378. The second-order valence-electron chi connectivity index (χ2n) is 3.01. The molecule has 2 N–H and O–H groups in total. The Balaban J connectivity index is 4.05. The van der Waals surface area contributed by atoms with Crippen LogP contribution in [0.5, 0.6) is 0 Å². The van der Waals surface area contributed by atoms with Gasteiger partial charge in [-0.1, -0.05) is 0 Å². The Morgan fingerprint density at radius 1 is 1.18 bits per heavy atom. The zero-order valence-electron chi connectivity index (χ0n) is 10.1. The molecule has 0 saturated heterocycles. The zero-order chi connectivity index (χ0) is 13.3. The molecule has 0 spiro atoms. The van der Waals surface area contributed by atoms with Crippen molar-refractivity contribution in [2.24, 2.45) is 0 Å². The molecule has 0 rings (SSSR count). The molecule has 98 valence electrons. The molecule has 0 fully saturated rings. The van der Waals surface area contributed by atoms with Crippen LogP contribution in [0.15, 0.2) is 12.2 Å². The smallest absolute Gasteiger partial charge is 0.478 e. The zero-order valence-corrected chi connectivity index (χ0v) is 11.1. The van der Waals surface area contributed by atoms with Crippen molar-refractivity contribution in [1.82, 2.24) is 5.32 Å². The van der Waals surface area contributed by atoms with Crippen molar-refractivity contribution in [3.05, 3.63) is 12.2 Å². The number of carbonyl (C=O) groups is 2. The van der Waals surface area contributed by atoms with E-state index >= 15 is 0 Å². The molecule has 0 aromatic heterocycles. The van der Waals surface area contributed by atoms with Gasteiger partial charge in [-0.2, -0.15) is 0 Å². The molecule has 0 aromatic carbocycles. The molecule has 8 heteroatoms. The van der Waals surface area contributed by atoms with Crippen molar-refractivity contribution in [3.8, 4) is 0 Å². The molecule has 0 atom stereocenters. The lowest BCUT2D eigenvalue weighted by Gasteiger charge is -2.24. The van der Waals surface area contributed by atoms with Crippen LogP contribution in [0.1, 0.15) is 0 Å². The summed E-state index contributed by atoms with van der Waals surface area (Å²) in [5.74, 6) is -1.66. The first-order valence-corrected chi connectivity index (χ1v) is 6.77. The summed E-state index contributed by atoms with van der Waals surface area (Å²) in [6.07, 6.45) is 1.71. The van der Waals surface area contributed by atoms with E-state index in [0.717, 1.165) is 12.2 Å². The molecule has 7 nitrogen and oxygen atoms in total. The number of rotatable bonds is 8. The highest BCUT2D eigenvalue weighted by Crippen LogP contribution is 2.10. The van der Waals surface area contributed by atoms with E-state index in [1.54, 1.807) is 0 Å². The maximum Gasteiger partial charge on any atom is 0.501 e. The highest BCUT2D eigenvalue weighted by Gasteiger charge is 2.37. The van der Waals surface area contributed by atoms with Crippen LogP contribution in [0.3, 0.4) is 0 Å². The number of nitrogens with one attached hydrogen (secondary N) is 1. The molecule has 0 aliphatic heterocycles. The van der Waals surface area contributed by atoms with Gasteiger partial charge in [-0.3, -0.25) is 4.79 Å². The molecule has 0 saturated carbocycles. The largest absolute Gasteiger partial charge is 0.501 e. The molecule has 1 amide bonds. The van der Waals surface area contributed by atoms with Gasteiger partial charge in [-0.15, -0.1) is 0 Å². The van der Waals surface area contributed by atoms with Gasteiger partial charge in [-0.25, -0.2) is 4.79 Å². The van der Waals surface area contributed by atoms with Crippen molar-refractivity contribution in [2.45, 2.75) is 6.04 Å². The highest BCUT2D eigenvalue weighted by molar-refractivity contribution is 6.60. The van der Waals surface area contributed by atoms with E-state index in [9.17, 15) is 9.59 Å². The van der Waals surface area contributed by atoms with Gasteiger partial charge in [0.15, 0.2) is 0 Å². The van der Waals surface area contributed by atoms with Crippen molar-refractivity contribution in [1.29, 1.82) is 0 Å². The second kappa shape index (κ2) is 7.95. The van der Waals surface area contributed by atoms with Crippen LogP contribution in [0.25, 0.3) is 0 Å². The number of hydrogen-bond donors (Lipinski definition) is 2. The van der Waals surface area contributed by atoms with Gasteiger partial charge >= 0.3 is 14.8 Å². The van der Waals surface area contributed by atoms with Crippen LogP contribution in [0.2, 0.25) is 6.04 Å². The van der Waals surface area contributed by atoms with Crippen LogP contribution in [-0.2, 0) is 22.9 Å². The van der Waals surface area contributed by atoms with Crippen LogP contribution >= 0.6 is 0 Å². The molecule has 0 bridgehead atoms. The molecule has 0 heterocycles. The fraction of sp³-hybridized carbons (Fsp3) is 0.556. The first kappa shape index (κ1) is 15.8. The van der Waals surface area contributed by atoms with Gasteiger partial charge in [-0.05, 0) is 0 Å². The molecule has 0 radical (unpaired) electrons. The van der Waals surface area contributed by atoms with E-state index in [-0.39, 0.29) is 6.54 Å². The lowest BCUT2D eigenvalue weighted by Crippen LogP contribution is -2.45. The second-order valence-corrected chi connectivity index (χ2v) is 6.10. The lowest BCUT2D eigenvalue weighted by atomic mass is 10.4. The minimum Gasteiger partial charge on any atom is -0.478 e. The Morgan fingerprint density at radius 3 is 2.12 bits per heavy atom. The minimum atomic E-state index is -2.68. The topological polar surface area (TPSA) is 94.1 Å². The van der Waals surface area contributed by atoms with Crippen LogP contribution < -0.4 is 5.32 Å². The fourth-order valence-corrected chi connectivity index (χ4v) is 2.64. The summed E-state index contributed by atoms with van der Waals surface area (Å²) in [6.45, 7) is 0.282. The maximum absolute atomic E-state index is 11.1. The van der Waals surface area contributed by atoms with Gasteiger partial charge in [0.1, 0.15) is 0 Å². The Bertz CT molecular complexity index is 281. The summed E-state index contributed by atoms with van der Waals surface area (Å²) in [5, 5.41) is 10.8. The first-order valence-electron chi connectivity index (χ1n) is 4.84. The molecule has 0 unspecified atom stereocenters. The molecular formula is C9H17NO6Si. The molecule has 0 aliphatic rings. The number of carbonyl (C=O) groups excluding carboxylic acids is 1. The Kier molecular flexibility index (Phi) is 7.38. The fourth-order valence-electron chi connectivity index (χ4n) is 1.10. The summed E-state index contributed by atoms with van der Waals surface area (Å²) in [6, 6.07) is 0.406. The van der Waals surface area contributed by atoms with Gasteiger partial charge < -0.3 is 23.7 Å². The van der Waals surface area contributed by atoms with Gasteiger partial charge in [0.05, 0.1) is 0 Å². The quantitative estimate of drug-likeness (QED) is 0.458. The Labute approximate surface area is 101 Å². The average Bonchev–Trinajstić information content (AvgIpc) is 2.33. The number of carboxylic acids is 1. The van der Waals surface area contributed by atoms with Crippen LogP contribution in [-0.4, -0.2) is 53.7 Å². The Morgan fingerprint density at radius 2 is 1.71 bits per heavy atom. The number of hydrogen-bond acceptors (Lipinski definition) is 5. The SMILES string of the molecule is CO[Si](CCNC(=O)/C=C/C(=O)O)(OC)OC. The summed E-state index contributed by atoms with van der Waals surface area (Å²) >= 11 is 0. The number of carboxylic acid groups (broad SMARTS) is 1. The lowest BCUT2D eigenvalue weighted by molar-refractivity contribution is -0.131. The van der Waals surface area contributed by atoms with Crippen LogP contribution in [0, 0.1) is 0 Å². The predicted molar refractivity (Wildman–Crippen MR) is 61.4 cm³/mol. The van der Waals surface area contributed by atoms with E-state index in [4.69, 9.17) is 18.4 Å². The standard InChI is InChI=1S/C9H17NO6Si/c1-14-17(15-2,16-3)7-6-10-8(11)4-5-9(12)13/h4-5H,6-7H2,1-3H3,(H,10,11)(H,12,13)/b5-4+. The van der Waals surface area contributed by atoms with E-state index in [1.165, 1.54) is 21.3 Å². The molecule has 0 aromatic rings. The highest BCUT2D eigenvalue weighted by atomic mass is 28.4. The number of aliphatic carboxylic acids is 1. The van der Waals surface area contributed by atoms with Gasteiger partial charge in [0.25, 0.3) is 0 Å². The van der Waals surface area contributed by atoms with E-state index < -0.39 is 20.7 Å². The van der Waals surface area contributed by atoms with Crippen molar-refractivity contribution in [2.75, 3.05) is 27.9 Å². The monoisotopic (exact) mass is 263 g/mol. The Hall–Kier alpha value is -1.22.